The van der Waals surface area contributed by atoms with Gasteiger partial charge in [0.1, 0.15) is 5.75 Å². The number of amides is 1. The Morgan fingerprint density at radius 3 is 2.22 bits per heavy atom. The molecule has 1 aliphatic heterocycles. The molecule has 2 aromatic rings. The molecule has 13 heteroatoms. The van der Waals surface area contributed by atoms with Crippen molar-refractivity contribution in [2.45, 2.75) is 19.6 Å². The number of carbonyl (C=O) groups is 2. The van der Waals surface area contributed by atoms with Gasteiger partial charge in [-0.25, -0.2) is 13.2 Å². The summed E-state index contributed by atoms with van der Waals surface area (Å²) in [4.78, 5) is 23.8. The maximum Gasteiger partial charge on any atom is 0.490 e. The number of aryl methyl sites for hydroxylation is 1. The van der Waals surface area contributed by atoms with E-state index in [1.54, 1.807) is 18.1 Å². The van der Waals surface area contributed by atoms with Crippen LogP contribution in [0.25, 0.3) is 0 Å². The average Bonchev–Trinajstić information content (AvgIpc) is 2.87. The Morgan fingerprint density at radius 2 is 1.65 bits per heavy atom. The fourth-order valence-corrected chi connectivity index (χ4v) is 5.00. The Morgan fingerprint density at radius 1 is 1.08 bits per heavy atom. The zero-order chi connectivity index (χ0) is 27.6. The van der Waals surface area contributed by atoms with Gasteiger partial charge in [0, 0.05) is 50.4 Å². The molecule has 0 atom stereocenters. The van der Waals surface area contributed by atoms with Crippen LogP contribution in [0, 0.1) is 6.92 Å². The number of carbonyl (C=O) groups excluding carboxylic acids is 1. The van der Waals surface area contributed by atoms with Crippen LogP contribution in [-0.4, -0.2) is 86.4 Å². The number of hydrogen-bond donors (Lipinski definition) is 2. The van der Waals surface area contributed by atoms with E-state index in [1.807, 2.05) is 49.4 Å². The highest BCUT2D eigenvalue weighted by atomic mass is 32.2. The summed E-state index contributed by atoms with van der Waals surface area (Å²) in [5.41, 5.74) is 2.27. The topological polar surface area (TPSA) is 116 Å². The second-order valence-corrected chi connectivity index (χ2v) is 10.2. The molecule has 2 aromatic carbocycles. The van der Waals surface area contributed by atoms with Crippen molar-refractivity contribution >= 4 is 21.9 Å². The van der Waals surface area contributed by atoms with Crippen LogP contribution in [0.4, 0.5) is 13.2 Å². The van der Waals surface area contributed by atoms with Gasteiger partial charge in [0.15, 0.2) is 0 Å². The van der Waals surface area contributed by atoms with Crippen molar-refractivity contribution in [1.29, 1.82) is 0 Å². The molecule has 1 fully saturated rings. The van der Waals surface area contributed by atoms with Gasteiger partial charge >= 0.3 is 12.1 Å². The minimum atomic E-state index is -5.08. The Bertz CT molecular complexity index is 1170. The zero-order valence-electron chi connectivity index (χ0n) is 20.5. The number of piperazine rings is 1. The van der Waals surface area contributed by atoms with Crippen LogP contribution < -0.4 is 10.1 Å². The largest absolute Gasteiger partial charge is 0.496 e. The summed E-state index contributed by atoms with van der Waals surface area (Å²) >= 11 is 0. The van der Waals surface area contributed by atoms with Crippen LogP contribution in [0.2, 0.25) is 0 Å². The van der Waals surface area contributed by atoms with Gasteiger partial charge in [-0.05, 0) is 24.6 Å². The minimum absolute atomic E-state index is 0.109. The van der Waals surface area contributed by atoms with Crippen LogP contribution in [0.3, 0.4) is 0 Å². The van der Waals surface area contributed by atoms with Crippen molar-refractivity contribution in [1.82, 2.24) is 14.5 Å². The van der Waals surface area contributed by atoms with Gasteiger partial charge < -0.3 is 20.1 Å². The normalized spacial score (nSPS) is 14.3. The van der Waals surface area contributed by atoms with E-state index >= 15 is 0 Å². The number of aliphatic carboxylic acids is 1. The molecule has 0 unspecified atom stereocenters. The van der Waals surface area contributed by atoms with Crippen molar-refractivity contribution in [3.63, 3.8) is 0 Å². The van der Waals surface area contributed by atoms with Crippen LogP contribution in [0.5, 0.6) is 5.75 Å². The molecule has 0 spiro atoms. The van der Waals surface area contributed by atoms with Crippen molar-refractivity contribution in [2.24, 2.45) is 0 Å². The van der Waals surface area contributed by atoms with E-state index in [0.717, 1.165) is 11.1 Å². The van der Waals surface area contributed by atoms with E-state index in [2.05, 4.69) is 5.32 Å². The molecule has 1 aliphatic rings. The number of carboxylic acids is 1. The number of methoxy groups -OCH3 is 1. The number of alkyl halides is 3. The SMILES string of the molecule is COc1ccccc1CN(CCS(=O)(=O)N1CCNCC1)C(=O)c1ccccc1C.O=C(O)C(F)(F)F. The number of nitrogens with zero attached hydrogens (tertiary/aromatic N) is 2. The highest BCUT2D eigenvalue weighted by molar-refractivity contribution is 7.89. The predicted octanol–water partition coefficient (Wildman–Crippen LogP) is 2.51. The van der Waals surface area contributed by atoms with Crippen molar-refractivity contribution in [3.05, 3.63) is 65.2 Å². The molecule has 0 radical (unpaired) electrons. The molecule has 3 rings (SSSR count). The summed E-state index contributed by atoms with van der Waals surface area (Å²) in [6.07, 6.45) is -5.08. The number of nitrogens with one attached hydrogen (secondary N) is 1. The summed E-state index contributed by atoms with van der Waals surface area (Å²) in [5, 5.41) is 10.3. The van der Waals surface area contributed by atoms with Crippen LogP contribution in [-0.2, 0) is 21.4 Å². The second-order valence-electron chi connectivity index (χ2n) is 8.12. The molecule has 37 heavy (non-hydrogen) atoms. The smallest absolute Gasteiger partial charge is 0.490 e. The number of benzene rings is 2. The van der Waals surface area contributed by atoms with Gasteiger partial charge in [0.05, 0.1) is 12.9 Å². The third-order valence-corrected chi connectivity index (χ3v) is 7.40. The molecular formula is C24H30F3N3O6S. The number of sulfonamides is 1. The molecule has 2 N–H and O–H groups in total. The van der Waals surface area contributed by atoms with E-state index in [-0.39, 0.29) is 24.7 Å². The molecule has 0 aromatic heterocycles. The van der Waals surface area contributed by atoms with E-state index in [9.17, 15) is 26.4 Å². The second kappa shape index (κ2) is 13.4. The Hall–Kier alpha value is -3.16. The Kier molecular flexibility index (Phi) is 10.9. The molecule has 1 heterocycles. The first-order chi connectivity index (χ1) is 17.4. The van der Waals surface area contributed by atoms with Crippen molar-refractivity contribution in [3.8, 4) is 5.75 Å². The summed E-state index contributed by atoms with van der Waals surface area (Å²) in [6.45, 7) is 4.47. The zero-order valence-corrected chi connectivity index (χ0v) is 21.3. The molecule has 0 saturated carbocycles. The van der Waals surface area contributed by atoms with Crippen molar-refractivity contribution in [2.75, 3.05) is 45.6 Å². The molecule has 9 nitrogen and oxygen atoms in total. The number of para-hydroxylation sites is 1. The lowest BCUT2D eigenvalue weighted by molar-refractivity contribution is -0.192. The van der Waals surface area contributed by atoms with Crippen molar-refractivity contribution < 1.29 is 41.0 Å². The summed E-state index contributed by atoms with van der Waals surface area (Å²) < 4.78 is 64.3. The Balaban J connectivity index is 0.000000604. The molecule has 0 aliphatic carbocycles. The first kappa shape index (κ1) is 30.1. The van der Waals surface area contributed by atoms with Crippen LogP contribution in [0.1, 0.15) is 21.5 Å². The van der Waals surface area contributed by atoms with E-state index in [4.69, 9.17) is 14.6 Å². The number of hydrogen-bond acceptors (Lipinski definition) is 6. The lowest BCUT2D eigenvalue weighted by atomic mass is 10.1. The third-order valence-electron chi connectivity index (χ3n) is 5.55. The average molecular weight is 546 g/mol. The van der Waals surface area contributed by atoms with Gasteiger partial charge in [0.25, 0.3) is 5.91 Å². The molecule has 1 amide bonds. The molecule has 1 saturated heterocycles. The summed E-state index contributed by atoms with van der Waals surface area (Å²) in [7, 11) is -1.86. The van der Waals surface area contributed by atoms with Crippen LogP contribution in [0.15, 0.2) is 48.5 Å². The quantitative estimate of drug-likeness (QED) is 0.524. The minimum Gasteiger partial charge on any atom is -0.496 e. The highest BCUT2D eigenvalue weighted by Gasteiger charge is 2.38. The van der Waals surface area contributed by atoms with E-state index in [1.165, 1.54) is 4.31 Å². The number of rotatable bonds is 8. The standard InChI is InChI=1S/C22H29N3O4S.C2HF3O2/c1-18-7-3-5-9-20(18)22(26)24(17-19-8-4-6-10-21(19)29-2)15-16-30(27,28)25-13-11-23-12-14-25;3-2(4,5)1(6)7/h3-10,23H,11-17H2,1-2H3;(H,6,7). The molecule has 204 valence electrons. The monoisotopic (exact) mass is 545 g/mol. The first-order valence-corrected chi connectivity index (χ1v) is 12.9. The van der Waals surface area contributed by atoms with Gasteiger partial charge in [-0.15, -0.1) is 0 Å². The Labute approximate surface area is 213 Å². The lowest BCUT2D eigenvalue weighted by Crippen LogP contribution is -2.48. The fraction of sp³-hybridized carbons (Fsp3) is 0.417. The van der Waals surface area contributed by atoms with E-state index in [0.29, 0.717) is 37.5 Å². The van der Waals surface area contributed by atoms with Gasteiger partial charge in [-0.3, -0.25) is 4.79 Å². The van der Waals surface area contributed by atoms with Gasteiger partial charge in [-0.1, -0.05) is 36.4 Å². The maximum absolute atomic E-state index is 13.3. The molecular weight excluding hydrogens is 515 g/mol. The molecule has 0 bridgehead atoms. The van der Waals surface area contributed by atoms with Gasteiger partial charge in [0.2, 0.25) is 10.0 Å². The van der Waals surface area contributed by atoms with Gasteiger partial charge in [-0.2, -0.15) is 17.5 Å². The number of ether oxygens (including phenoxy) is 1. The number of carboxylic acid groups (broad SMARTS) is 1. The first-order valence-electron chi connectivity index (χ1n) is 11.3. The van der Waals surface area contributed by atoms with Crippen LogP contribution >= 0.6 is 0 Å². The number of halogens is 3. The summed E-state index contributed by atoms with van der Waals surface area (Å²) in [5.74, 6) is -2.38. The lowest BCUT2D eigenvalue weighted by Gasteiger charge is -2.29. The van der Waals surface area contributed by atoms with E-state index < -0.39 is 22.2 Å². The third kappa shape index (κ3) is 9.02. The summed E-state index contributed by atoms with van der Waals surface area (Å²) in [6, 6.07) is 14.8. The highest BCUT2D eigenvalue weighted by Crippen LogP contribution is 2.21. The predicted molar refractivity (Wildman–Crippen MR) is 131 cm³/mol. The maximum atomic E-state index is 13.3. The fourth-order valence-electron chi connectivity index (χ4n) is 3.55.